The molecule has 1 aromatic carbocycles. The van der Waals surface area contributed by atoms with E-state index in [-0.39, 0.29) is 0 Å². The highest BCUT2D eigenvalue weighted by Crippen LogP contribution is 2.21. The van der Waals surface area contributed by atoms with Gasteiger partial charge in [0.1, 0.15) is 12.1 Å². The van der Waals surface area contributed by atoms with E-state index in [1.807, 2.05) is 12.1 Å². The molecule has 0 spiro atoms. The van der Waals surface area contributed by atoms with Gasteiger partial charge in [-0.1, -0.05) is 5.22 Å². The van der Waals surface area contributed by atoms with Crippen LogP contribution in [-0.4, -0.2) is 0 Å². The highest BCUT2D eigenvalue weighted by molar-refractivity contribution is 5.62. The molecule has 0 amide bonds. The molecular weight excluding hydrogens is 178 g/mol. The number of benzene rings is 1. The summed E-state index contributed by atoms with van der Waals surface area (Å²) in [6, 6.07) is 7.02. The van der Waals surface area contributed by atoms with Gasteiger partial charge >= 0.3 is 0 Å². The van der Waals surface area contributed by atoms with Crippen LogP contribution in [0, 0.1) is 35.1 Å². The number of nitriles is 2. The van der Waals surface area contributed by atoms with Gasteiger partial charge in [-0.15, -0.1) is 0 Å². The molecule has 2 N–H and O–H groups in total. The second-order valence-electron chi connectivity index (χ2n) is 2.61. The Morgan fingerprint density at radius 2 is 2.07 bits per heavy atom. The van der Waals surface area contributed by atoms with Crippen molar-refractivity contribution in [2.24, 2.45) is 5.22 Å². The van der Waals surface area contributed by atoms with Gasteiger partial charge < -0.3 is 0 Å². The Bertz CT molecular complexity index is 449. The molecule has 0 fully saturated rings. The van der Waals surface area contributed by atoms with E-state index in [1.165, 1.54) is 6.07 Å². The highest BCUT2D eigenvalue weighted by atomic mass is 15.4. The number of hydrogen-bond acceptors (Lipinski definition) is 4. The van der Waals surface area contributed by atoms with Crippen LogP contribution in [0.2, 0.25) is 0 Å². The van der Waals surface area contributed by atoms with Gasteiger partial charge in [0.15, 0.2) is 0 Å². The average molecular weight is 185 g/mol. The average Bonchev–Trinajstić information content (AvgIpc) is 2.21. The summed E-state index contributed by atoms with van der Waals surface area (Å²) in [5.41, 5.74) is 10.9. The maximum Gasteiger partial charge on any atom is 0.101 e. The molecule has 1 rings (SSSR count). The predicted molar refractivity (Wildman–Crippen MR) is 49.4 cm³/mol. The summed E-state index contributed by atoms with van der Waals surface area (Å²) in [5.74, 6) is 0. The molecule has 0 heterocycles. The Balaban J connectivity index is 3.38. The van der Waals surface area contributed by atoms with Crippen molar-refractivity contribution in [3.8, 4) is 12.1 Å². The fourth-order valence-corrected chi connectivity index (χ4v) is 1.13. The van der Waals surface area contributed by atoms with Crippen molar-refractivity contribution >= 4 is 5.69 Å². The highest BCUT2D eigenvalue weighted by Gasteiger charge is 2.08. The summed E-state index contributed by atoms with van der Waals surface area (Å²) in [6.45, 7) is 1.70. The van der Waals surface area contributed by atoms with E-state index < -0.39 is 0 Å². The standard InChI is InChI=1S/C9H7N5/c1-6-8(5-11)7(4-10)2-3-9(6)13-14-12/h2-3H,1H3,(H2,12,13). The van der Waals surface area contributed by atoms with Gasteiger partial charge in [0.2, 0.25) is 0 Å². The molecule has 1 aromatic rings. The zero-order valence-corrected chi connectivity index (χ0v) is 7.50. The van der Waals surface area contributed by atoms with Gasteiger partial charge in [0.05, 0.1) is 16.8 Å². The first-order chi connectivity index (χ1) is 6.74. The molecule has 0 saturated heterocycles. The molecule has 14 heavy (non-hydrogen) atoms. The molecule has 0 radical (unpaired) electrons. The van der Waals surface area contributed by atoms with Gasteiger partial charge in [0.25, 0.3) is 0 Å². The topological polar surface area (TPSA) is 95.8 Å². The zero-order valence-electron chi connectivity index (χ0n) is 7.50. The summed E-state index contributed by atoms with van der Waals surface area (Å²) in [5, 5.41) is 20.5. The van der Waals surface area contributed by atoms with E-state index in [4.69, 9.17) is 16.1 Å². The Kier molecular flexibility index (Phi) is 2.78. The van der Waals surface area contributed by atoms with Crippen LogP contribution < -0.4 is 5.43 Å². The second-order valence-corrected chi connectivity index (χ2v) is 2.61. The van der Waals surface area contributed by atoms with E-state index in [2.05, 4.69) is 10.6 Å². The molecule has 0 bridgehead atoms. The lowest BCUT2D eigenvalue weighted by Gasteiger charge is -2.05. The van der Waals surface area contributed by atoms with E-state index in [9.17, 15) is 0 Å². The Labute approximate surface area is 81.1 Å². The minimum atomic E-state index is 0.321. The van der Waals surface area contributed by atoms with Crippen molar-refractivity contribution in [3.63, 3.8) is 0 Å². The van der Waals surface area contributed by atoms with Crippen molar-refractivity contribution in [2.45, 2.75) is 6.92 Å². The van der Waals surface area contributed by atoms with Gasteiger partial charge in [-0.05, 0) is 24.6 Å². The van der Waals surface area contributed by atoms with Crippen LogP contribution in [0.25, 0.3) is 0 Å². The van der Waals surface area contributed by atoms with Crippen LogP contribution in [0.15, 0.2) is 17.4 Å². The fraction of sp³-hybridized carbons (Fsp3) is 0.111. The molecule has 0 aliphatic heterocycles. The smallest absolute Gasteiger partial charge is 0.101 e. The lowest BCUT2D eigenvalue weighted by molar-refractivity contribution is 1.05. The van der Waals surface area contributed by atoms with E-state index in [0.717, 1.165) is 0 Å². The van der Waals surface area contributed by atoms with E-state index in [0.29, 0.717) is 22.4 Å². The normalized spacial score (nSPS) is 8.50. The maximum absolute atomic E-state index is 8.82. The van der Waals surface area contributed by atoms with Crippen LogP contribution in [-0.2, 0) is 0 Å². The van der Waals surface area contributed by atoms with Gasteiger partial charge in [-0.2, -0.15) is 16.1 Å². The van der Waals surface area contributed by atoms with Crippen LogP contribution in [0.5, 0.6) is 0 Å². The molecule has 5 nitrogen and oxygen atoms in total. The number of nitrogens with zero attached hydrogens (tertiary/aromatic N) is 3. The molecule has 68 valence electrons. The quantitative estimate of drug-likeness (QED) is 0.545. The van der Waals surface area contributed by atoms with Crippen LogP contribution >= 0.6 is 0 Å². The molecule has 0 unspecified atom stereocenters. The predicted octanol–water partition coefficient (Wildman–Crippen LogP) is 2.10. The summed E-state index contributed by atoms with van der Waals surface area (Å²) >= 11 is 0. The summed E-state index contributed by atoms with van der Waals surface area (Å²) < 4.78 is 0. The number of anilines is 1. The maximum atomic E-state index is 8.82. The molecule has 5 heteroatoms. The fourth-order valence-electron chi connectivity index (χ4n) is 1.13. The second kappa shape index (κ2) is 4.01. The minimum absolute atomic E-state index is 0.321. The van der Waals surface area contributed by atoms with Crippen LogP contribution in [0.1, 0.15) is 16.7 Å². The van der Waals surface area contributed by atoms with Crippen molar-refractivity contribution < 1.29 is 0 Å². The first-order valence-corrected chi connectivity index (χ1v) is 3.81. The molecule has 0 atom stereocenters. The largest absolute Gasteiger partial charge is 0.260 e. The SMILES string of the molecule is Cc1c(NN=N)ccc(C#N)c1C#N. The molecule has 0 aliphatic carbocycles. The Morgan fingerprint density at radius 1 is 1.36 bits per heavy atom. The first kappa shape index (κ1) is 9.69. The minimum Gasteiger partial charge on any atom is -0.260 e. The van der Waals surface area contributed by atoms with Crippen LogP contribution in [0.3, 0.4) is 0 Å². The van der Waals surface area contributed by atoms with Crippen LogP contribution in [0.4, 0.5) is 5.69 Å². The number of nitrogens with one attached hydrogen (secondary N) is 2. The summed E-state index contributed by atoms with van der Waals surface area (Å²) in [4.78, 5) is 0. The summed E-state index contributed by atoms with van der Waals surface area (Å²) in [6.07, 6.45) is 0. The van der Waals surface area contributed by atoms with Crippen molar-refractivity contribution in [1.29, 1.82) is 16.1 Å². The monoisotopic (exact) mass is 185 g/mol. The third kappa shape index (κ3) is 1.52. The molecule has 0 aliphatic rings. The zero-order chi connectivity index (χ0) is 10.6. The Morgan fingerprint density at radius 3 is 2.57 bits per heavy atom. The Hall–Kier alpha value is -2.40. The number of hydrogen-bond donors (Lipinski definition) is 2. The van der Waals surface area contributed by atoms with Gasteiger partial charge in [-0.25, -0.2) is 0 Å². The van der Waals surface area contributed by atoms with Crippen molar-refractivity contribution in [3.05, 3.63) is 28.8 Å². The third-order valence-corrected chi connectivity index (χ3v) is 1.87. The van der Waals surface area contributed by atoms with Gasteiger partial charge in [-0.3, -0.25) is 5.43 Å². The molecule has 0 saturated carbocycles. The summed E-state index contributed by atoms with van der Waals surface area (Å²) in [7, 11) is 0. The van der Waals surface area contributed by atoms with Crippen molar-refractivity contribution in [2.75, 3.05) is 5.43 Å². The molecule has 0 aromatic heterocycles. The lowest BCUT2D eigenvalue weighted by Crippen LogP contribution is -1.95. The number of rotatable bonds is 2. The van der Waals surface area contributed by atoms with E-state index >= 15 is 0 Å². The van der Waals surface area contributed by atoms with E-state index in [1.54, 1.807) is 13.0 Å². The van der Waals surface area contributed by atoms with Gasteiger partial charge in [0, 0.05) is 0 Å². The molecular formula is C9H7N5. The van der Waals surface area contributed by atoms with Crippen molar-refractivity contribution in [1.82, 2.24) is 0 Å². The first-order valence-electron chi connectivity index (χ1n) is 3.81. The lowest BCUT2D eigenvalue weighted by atomic mass is 10.0. The third-order valence-electron chi connectivity index (χ3n) is 1.87.